The highest BCUT2D eigenvalue weighted by Gasteiger charge is 2.54. The minimum absolute atomic E-state index is 0.164. The Morgan fingerprint density at radius 1 is 1.08 bits per heavy atom. The Morgan fingerprint density at radius 3 is 2.58 bits per heavy atom. The van der Waals surface area contributed by atoms with Gasteiger partial charge in [-0.2, -0.15) is 0 Å². The summed E-state index contributed by atoms with van der Waals surface area (Å²) in [4.78, 5) is 40.0. The summed E-state index contributed by atoms with van der Waals surface area (Å²) in [6.07, 6.45) is 3.86. The van der Waals surface area contributed by atoms with E-state index in [0.29, 0.717) is 6.42 Å². The smallest absolute Gasteiger partial charge is 0.411 e. The fourth-order valence-electron chi connectivity index (χ4n) is 3.98. The average Bonchev–Trinajstić information content (AvgIpc) is 3.10. The first kappa shape index (κ1) is 14.9. The number of likely N-dealkylation sites (tertiary alicyclic amines) is 1. The Kier molecular flexibility index (Phi) is 3.40. The van der Waals surface area contributed by atoms with Gasteiger partial charge in [-0.1, -0.05) is 42.5 Å². The summed E-state index contributed by atoms with van der Waals surface area (Å²) in [6.45, 7) is 0.253. The molecule has 0 N–H and O–H groups in total. The van der Waals surface area contributed by atoms with E-state index in [1.165, 1.54) is 11.9 Å². The van der Waals surface area contributed by atoms with E-state index in [4.69, 9.17) is 4.74 Å². The van der Waals surface area contributed by atoms with Gasteiger partial charge in [-0.3, -0.25) is 19.4 Å². The number of carbonyl (C=O) groups is 3. The lowest BCUT2D eigenvalue weighted by molar-refractivity contribution is -0.138. The first-order valence-corrected chi connectivity index (χ1v) is 8.07. The average molecular weight is 326 g/mol. The Labute approximate surface area is 139 Å². The van der Waals surface area contributed by atoms with Crippen LogP contribution in [0.15, 0.2) is 42.5 Å². The summed E-state index contributed by atoms with van der Waals surface area (Å²) in [5.41, 5.74) is 0.962. The molecule has 2 fully saturated rings. The minimum Gasteiger partial charge on any atom is -0.447 e. The highest BCUT2D eigenvalue weighted by atomic mass is 16.6. The first-order valence-electron chi connectivity index (χ1n) is 8.07. The molecule has 124 valence electrons. The molecule has 0 bridgehead atoms. The summed E-state index contributed by atoms with van der Waals surface area (Å²) in [5.74, 6) is -1.29. The Hall–Kier alpha value is -2.63. The van der Waals surface area contributed by atoms with Gasteiger partial charge in [0.2, 0.25) is 11.8 Å². The molecule has 1 aliphatic carbocycles. The normalized spacial score (nSPS) is 32.3. The lowest BCUT2D eigenvalue weighted by Gasteiger charge is -2.35. The Balaban J connectivity index is 1.72. The van der Waals surface area contributed by atoms with Crippen LogP contribution in [-0.2, 0) is 14.3 Å². The van der Waals surface area contributed by atoms with Crippen molar-refractivity contribution in [3.63, 3.8) is 0 Å². The number of hydrogen-bond acceptors (Lipinski definition) is 4. The number of allylic oxidation sites excluding steroid dienone is 1. The van der Waals surface area contributed by atoms with Gasteiger partial charge in [0.15, 0.2) is 0 Å². The third-order valence-corrected chi connectivity index (χ3v) is 5.21. The van der Waals surface area contributed by atoms with Crippen molar-refractivity contribution in [2.24, 2.45) is 11.8 Å². The molecular weight excluding hydrogens is 308 g/mol. The van der Waals surface area contributed by atoms with E-state index < -0.39 is 18.1 Å². The third kappa shape index (κ3) is 2.06. The van der Waals surface area contributed by atoms with Crippen LogP contribution in [-0.4, -0.2) is 47.4 Å². The fourth-order valence-corrected chi connectivity index (χ4v) is 3.98. The molecule has 0 aromatic heterocycles. The largest absolute Gasteiger partial charge is 0.447 e. The molecule has 3 amide bonds. The van der Waals surface area contributed by atoms with Gasteiger partial charge in [0.05, 0.1) is 23.9 Å². The highest BCUT2D eigenvalue weighted by Crippen LogP contribution is 2.41. The summed E-state index contributed by atoms with van der Waals surface area (Å²) < 4.78 is 5.27. The highest BCUT2D eigenvalue weighted by molar-refractivity contribution is 6.05. The van der Waals surface area contributed by atoms with Crippen LogP contribution >= 0.6 is 0 Å². The van der Waals surface area contributed by atoms with Gasteiger partial charge in [0, 0.05) is 7.05 Å². The van der Waals surface area contributed by atoms with Gasteiger partial charge in [-0.25, -0.2) is 4.79 Å². The number of cyclic esters (lactones) is 1. The van der Waals surface area contributed by atoms with Crippen LogP contribution in [0.4, 0.5) is 4.79 Å². The Bertz CT molecular complexity index is 730. The SMILES string of the molecule is CN1C(=O)[C@@H]2CC=CC(N3C(=O)OC[C@@H]3c3ccccc3)[C@@H]2C1=O. The van der Waals surface area contributed by atoms with Crippen molar-refractivity contribution in [1.29, 1.82) is 0 Å². The van der Waals surface area contributed by atoms with Crippen LogP contribution in [0.5, 0.6) is 0 Å². The predicted molar refractivity (Wildman–Crippen MR) is 84.7 cm³/mol. The minimum atomic E-state index is -0.524. The van der Waals surface area contributed by atoms with Crippen LogP contribution < -0.4 is 0 Å². The molecular formula is C18H18N2O4. The third-order valence-electron chi connectivity index (χ3n) is 5.21. The molecule has 3 aliphatic rings. The zero-order valence-electron chi connectivity index (χ0n) is 13.3. The summed E-state index contributed by atoms with van der Waals surface area (Å²) in [6, 6.07) is 8.92. The number of fused-ring (bicyclic) bond motifs is 1. The maximum absolute atomic E-state index is 12.6. The number of hydrogen-bond donors (Lipinski definition) is 0. The van der Waals surface area contributed by atoms with E-state index in [-0.39, 0.29) is 30.4 Å². The lowest BCUT2D eigenvalue weighted by atomic mass is 9.80. The second kappa shape index (κ2) is 5.47. The molecule has 4 rings (SSSR count). The van der Waals surface area contributed by atoms with E-state index in [1.807, 2.05) is 42.5 Å². The van der Waals surface area contributed by atoms with Crippen LogP contribution in [0.25, 0.3) is 0 Å². The quantitative estimate of drug-likeness (QED) is 0.613. The van der Waals surface area contributed by atoms with Crippen molar-refractivity contribution in [1.82, 2.24) is 9.80 Å². The lowest BCUT2D eigenvalue weighted by Crippen LogP contribution is -2.47. The molecule has 0 saturated carbocycles. The molecule has 6 nitrogen and oxygen atoms in total. The standard InChI is InChI=1S/C18H18N2O4/c1-19-16(21)12-8-5-9-13(15(12)17(19)22)20-14(10-24-18(20)23)11-6-3-2-4-7-11/h2-7,9,12-15H,8,10H2,1H3/t12-,13?,14-,15-/m1/s1. The van der Waals surface area contributed by atoms with E-state index in [2.05, 4.69) is 0 Å². The summed E-state index contributed by atoms with van der Waals surface area (Å²) in [5, 5.41) is 0. The van der Waals surface area contributed by atoms with E-state index >= 15 is 0 Å². The van der Waals surface area contributed by atoms with Crippen molar-refractivity contribution in [2.45, 2.75) is 18.5 Å². The van der Waals surface area contributed by atoms with Crippen molar-refractivity contribution in [2.75, 3.05) is 13.7 Å². The predicted octanol–water partition coefficient (Wildman–Crippen LogP) is 1.74. The molecule has 0 spiro atoms. The van der Waals surface area contributed by atoms with Gasteiger partial charge in [-0.15, -0.1) is 0 Å². The van der Waals surface area contributed by atoms with Crippen LogP contribution in [0.2, 0.25) is 0 Å². The number of amides is 3. The number of carbonyl (C=O) groups excluding carboxylic acids is 3. The molecule has 4 atom stereocenters. The first-order chi connectivity index (χ1) is 11.6. The molecule has 1 aromatic rings. The maximum atomic E-state index is 12.6. The molecule has 1 aromatic carbocycles. The number of benzene rings is 1. The van der Waals surface area contributed by atoms with Crippen LogP contribution in [0.3, 0.4) is 0 Å². The summed E-state index contributed by atoms with van der Waals surface area (Å²) >= 11 is 0. The van der Waals surface area contributed by atoms with E-state index in [1.54, 1.807) is 4.90 Å². The van der Waals surface area contributed by atoms with Crippen molar-refractivity contribution >= 4 is 17.9 Å². The van der Waals surface area contributed by atoms with Gasteiger partial charge >= 0.3 is 6.09 Å². The molecule has 24 heavy (non-hydrogen) atoms. The number of nitrogens with zero attached hydrogens (tertiary/aromatic N) is 2. The number of rotatable bonds is 2. The zero-order valence-corrected chi connectivity index (χ0v) is 13.3. The molecule has 0 radical (unpaired) electrons. The van der Waals surface area contributed by atoms with E-state index in [9.17, 15) is 14.4 Å². The molecule has 2 aliphatic heterocycles. The molecule has 2 saturated heterocycles. The second-order valence-electron chi connectivity index (χ2n) is 6.43. The zero-order chi connectivity index (χ0) is 16.8. The van der Waals surface area contributed by atoms with E-state index in [0.717, 1.165) is 5.56 Å². The van der Waals surface area contributed by atoms with Gasteiger partial charge in [-0.05, 0) is 12.0 Å². The van der Waals surface area contributed by atoms with Crippen LogP contribution in [0.1, 0.15) is 18.0 Å². The van der Waals surface area contributed by atoms with Crippen molar-refractivity contribution in [3.05, 3.63) is 48.0 Å². The molecule has 1 unspecified atom stereocenters. The van der Waals surface area contributed by atoms with Gasteiger partial charge < -0.3 is 4.74 Å². The molecule has 2 heterocycles. The molecule has 6 heteroatoms. The Morgan fingerprint density at radius 2 is 1.83 bits per heavy atom. The van der Waals surface area contributed by atoms with Crippen molar-refractivity contribution in [3.8, 4) is 0 Å². The maximum Gasteiger partial charge on any atom is 0.411 e. The van der Waals surface area contributed by atoms with Gasteiger partial charge in [0.25, 0.3) is 0 Å². The van der Waals surface area contributed by atoms with Crippen LogP contribution in [0, 0.1) is 11.8 Å². The number of ether oxygens (including phenoxy) is 1. The fraction of sp³-hybridized carbons (Fsp3) is 0.389. The summed E-state index contributed by atoms with van der Waals surface area (Å²) in [7, 11) is 1.51. The topological polar surface area (TPSA) is 66.9 Å². The number of imide groups is 1. The monoisotopic (exact) mass is 326 g/mol. The second-order valence-corrected chi connectivity index (χ2v) is 6.43. The van der Waals surface area contributed by atoms with Crippen molar-refractivity contribution < 1.29 is 19.1 Å². The van der Waals surface area contributed by atoms with Gasteiger partial charge in [0.1, 0.15) is 6.61 Å².